The Kier molecular flexibility index (Phi) is 5.75. The molecule has 0 radical (unpaired) electrons. The number of aromatic nitrogens is 3. The van der Waals surface area contributed by atoms with Crippen LogP contribution in [0.5, 0.6) is 0 Å². The maximum atomic E-state index is 6.02. The number of hydrogen-bond donors (Lipinski definition) is 0. The Morgan fingerprint density at radius 3 is 2.00 bits per heavy atom. The molecule has 0 unspecified atom stereocenters. The van der Waals surface area contributed by atoms with Crippen molar-refractivity contribution in [2.75, 3.05) is 11.6 Å². The molecule has 0 saturated carbocycles. The van der Waals surface area contributed by atoms with E-state index in [0.717, 1.165) is 32.2 Å². The molecule has 1 aromatic heterocycles. The average molecular weight is 360 g/mol. The zero-order valence-electron chi connectivity index (χ0n) is 14.7. The molecular formula is C16H27Cl2N5. The number of halogens is 2. The molecule has 0 N–H and O–H groups in total. The van der Waals surface area contributed by atoms with Gasteiger partial charge in [-0.1, -0.05) is 13.3 Å². The van der Waals surface area contributed by atoms with Gasteiger partial charge in [-0.2, -0.15) is 15.0 Å². The molecule has 7 heteroatoms. The van der Waals surface area contributed by atoms with E-state index in [4.69, 9.17) is 23.2 Å². The lowest BCUT2D eigenvalue weighted by Gasteiger charge is -2.56. The number of piperidine rings is 1. The normalized spacial score (nSPS) is 20.5. The van der Waals surface area contributed by atoms with Crippen LogP contribution in [-0.2, 0) is 0 Å². The molecule has 1 aliphatic rings. The van der Waals surface area contributed by atoms with Crippen LogP contribution in [0.25, 0.3) is 0 Å². The van der Waals surface area contributed by atoms with Crippen molar-refractivity contribution in [2.45, 2.75) is 77.8 Å². The van der Waals surface area contributed by atoms with Gasteiger partial charge < -0.3 is 0 Å². The Labute approximate surface area is 149 Å². The predicted octanol–water partition coefficient (Wildman–Crippen LogP) is 4.74. The summed E-state index contributed by atoms with van der Waals surface area (Å²) in [5.74, 6) is 0.534. The zero-order valence-corrected chi connectivity index (χ0v) is 16.2. The van der Waals surface area contributed by atoms with Gasteiger partial charge in [0, 0.05) is 17.6 Å². The van der Waals surface area contributed by atoms with Gasteiger partial charge in [-0.25, -0.2) is 5.01 Å². The zero-order chi connectivity index (χ0) is 17.3. The van der Waals surface area contributed by atoms with Crippen molar-refractivity contribution in [3.8, 4) is 0 Å². The van der Waals surface area contributed by atoms with E-state index in [9.17, 15) is 0 Å². The largest absolute Gasteiger partial charge is 0.272 e. The molecule has 2 heterocycles. The van der Waals surface area contributed by atoms with E-state index >= 15 is 0 Å². The van der Waals surface area contributed by atoms with Crippen LogP contribution >= 0.6 is 23.2 Å². The van der Waals surface area contributed by atoms with Gasteiger partial charge in [0.05, 0.1) is 0 Å². The fourth-order valence-corrected chi connectivity index (χ4v) is 4.02. The molecule has 0 amide bonds. The van der Waals surface area contributed by atoms with E-state index in [1.165, 1.54) is 6.42 Å². The molecule has 5 nitrogen and oxygen atoms in total. The molecule has 0 aliphatic carbocycles. The Hall–Kier alpha value is -0.650. The van der Waals surface area contributed by atoms with Crippen LogP contribution in [0, 0.1) is 0 Å². The van der Waals surface area contributed by atoms with Crippen molar-refractivity contribution in [3.05, 3.63) is 10.6 Å². The third-order valence-corrected chi connectivity index (χ3v) is 4.83. The molecule has 1 aliphatic heterocycles. The van der Waals surface area contributed by atoms with Crippen LogP contribution in [0.3, 0.4) is 0 Å². The first-order chi connectivity index (χ1) is 10.7. The molecule has 2 rings (SSSR count). The monoisotopic (exact) mass is 359 g/mol. The first-order valence-corrected chi connectivity index (χ1v) is 9.08. The Balaban J connectivity index is 2.47. The minimum Gasteiger partial charge on any atom is -0.272 e. The van der Waals surface area contributed by atoms with E-state index in [1.54, 1.807) is 0 Å². The number of nitrogens with zero attached hydrogens (tertiary/aromatic N) is 5. The van der Waals surface area contributed by atoms with Gasteiger partial charge in [0.25, 0.3) is 0 Å². The highest BCUT2D eigenvalue weighted by Gasteiger charge is 2.45. The SMILES string of the molecule is CCCCN(c1nc(Cl)nc(Cl)n1)N1C(C)(C)CCCC1(C)C. The molecular weight excluding hydrogens is 333 g/mol. The van der Waals surface area contributed by atoms with Gasteiger partial charge in [-0.15, -0.1) is 0 Å². The second-order valence-corrected chi connectivity index (χ2v) is 8.12. The lowest BCUT2D eigenvalue weighted by atomic mass is 9.81. The number of unbranched alkanes of at least 4 members (excludes halogenated alkanes) is 1. The number of hydrazine groups is 1. The van der Waals surface area contributed by atoms with Gasteiger partial charge in [0.1, 0.15) is 0 Å². The molecule has 1 fully saturated rings. The summed E-state index contributed by atoms with van der Waals surface area (Å²) < 4.78 is 0. The van der Waals surface area contributed by atoms with Crippen LogP contribution in [0.15, 0.2) is 0 Å². The Bertz CT molecular complexity index is 511. The minimum absolute atomic E-state index is 0.0150. The van der Waals surface area contributed by atoms with Crippen molar-refractivity contribution < 1.29 is 0 Å². The predicted molar refractivity (Wildman–Crippen MR) is 95.9 cm³/mol. The van der Waals surface area contributed by atoms with Crippen LogP contribution < -0.4 is 5.01 Å². The van der Waals surface area contributed by atoms with Crippen LogP contribution in [0.1, 0.15) is 66.7 Å². The molecule has 1 aromatic rings. The minimum atomic E-state index is 0.0150. The maximum Gasteiger partial charge on any atom is 0.245 e. The maximum absolute atomic E-state index is 6.02. The Morgan fingerprint density at radius 2 is 1.52 bits per heavy atom. The second-order valence-electron chi connectivity index (χ2n) is 7.44. The first kappa shape index (κ1) is 18.7. The summed E-state index contributed by atoms with van der Waals surface area (Å²) in [5.41, 5.74) is 0.0299. The summed E-state index contributed by atoms with van der Waals surface area (Å²) in [4.78, 5) is 12.6. The molecule has 0 atom stereocenters. The fraction of sp³-hybridized carbons (Fsp3) is 0.812. The quantitative estimate of drug-likeness (QED) is 0.759. The third kappa shape index (κ3) is 4.25. The smallest absolute Gasteiger partial charge is 0.245 e. The number of rotatable bonds is 5. The molecule has 130 valence electrons. The highest BCUT2D eigenvalue weighted by atomic mass is 35.5. The highest BCUT2D eigenvalue weighted by molar-refractivity contribution is 6.31. The van der Waals surface area contributed by atoms with Crippen molar-refractivity contribution in [1.82, 2.24) is 20.0 Å². The molecule has 0 spiro atoms. The van der Waals surface area contributed by atoms with Gasteiger partial charge in [-0.05, 0) is 76.6 Å². The van der Waals surface area contributed by atoms with E-state index < -0.39 is 0 Å². The van der Waals surface area contributed by atoms with E-state index in [2.05, 4.69) is 59.6 Å². The Morgan fingerprint density at radius 1 is 1.00 bits per heavy atom. The molecule has 0 bridgehead atoms. The van der Waals surface area contributed by atoms with Gasteiger partial charge in [0.2, 0.25) is 16.5 Å². The first-order valence-electron chi connectivity index (χ1n) is 8.32. The van der Waals surface area contributed by atoms with Crippen LogP contribution in [0.2, 0.25) is 10.6 Å². The van der Waals surface area contributed by atoms with Crippen LogP contribution in [-0.4, -0.2) is 37.6 Å². The lowest BCUT2D eigenvalue weighted by Crippen LogP contribution is -2.66. The fourth-order valence-electron chi connectivity index (χ4n) is 3.67. The summed E-state index contributed by atoms with van der Waals surface area (Å²) >= 11 is 12.0. The molecule has 23 heavy (non-hydrogen) atoms. The topological polar surface area (TPSA) is 45.2 Å². The van der Waals surface area contributed by atoms with Crippen molar-refractivity contribution in [3.63, 3.8) is 0 Å². The summed E-state index contributed by atoms with van der Waals surface area (Å²) in [6.07, 6.45) is 5.62. The summed E-state index contributed by atoms with van der Waals surface area (Å²) in [6.45, 7) is 12.1. The third-order valence-electron chi connectivity index (χ3n) is 4.49. The number of hydrogen-bond acceptors (Lipinski definition) is 5. The number of anilines is 1. The standard InChI is InChI=1S/C16H27Cl2N5/c1-6-7-11-22(14-20-12(17)19-13(18)21-14)23-15(2,3)9-8-10-16(23,4)5/h6-11H2,1-5H3. The van der Waals surface area contributed by atoms with E-state index in [0.29, 0.717) is 5.95 Å². The van der Waals surface area contributed by atoms with Crippen LogP contribution in [0.4, 0.5) is 5.95 Å². The second kappa shape index (κ2) is 7.08. The molecule has 0 aromatic carbocycles. The van der Waals surface area contributed by atoms with Crippen molar-refractivity contribution in [1.29, 1.82) is 0 Å². The average Bonchev–Trinajstić information content (AvgIpc) is 2.39. The summed E-state index contributed by atoms with van der Waals surface area (Å²) in [7, 11) is 0. The highest BCUT2D eigenvalue weighted by Crippen LogP contribution is 2.40. The summed E-state index contributed by atoms with van der Waals surface area (Å²) in [6, 6.07) is 0. The summed E-state index contributed by atoms with van der Waals surface area (Å²) in [5, 5.41) is 4.84. The van der Waals surface area contributed by atoms with Gasteiger partial charge in [-0.3, -0.25) is 5.01 Å². The van der Waals surface area contributed by atoms with Crippen molar-refractivity contribution in [2.24, 2.45) is 0 Å². The lowest BCUT2D eigenvalue weighted by molar-refractivity contribution is -0.0391. The van der Waals surface area contributed by atoms with E-state index in [1.807, 2.05) is 0 Å². The van der Waals surface area contributed by atoms with Gasteiger partial charge in [0.15, 0.2) is 0 Å². The van der Waals surface area contributed by atoms with Crippen molar-refractivity contribution >= 4 is 29.2 Å². The van der Waals surface area contributed by atoms with Gasteiger partial charge >= 0.3 is 0 Å². The molecule has 1 saturated heterocycles. The van der Waals surface area contributed by atoms with E-state index in [-0.39, 0.29) is 21.6 Å².